The van der Waals surface area contributed by atoms with Crippen LogP contribution in [0.1, 0.15) is 29.7 Å². The highest BCUT2D eigenvalue weighted by atomic mass is 19.1. The van der Waals surface area contributed by atoms with Crippen molar-refractivity contribution in [3.05, 3.63) is 71.2 Å². The van der Waals surface area contributed by atoms with Crippen LogP contribution >= 0.6 is 0 Å². The number of hydrogen-bond donors (Lipinski definition) is 0. The second kappa shape index (κ2) is 5.92. The normalized spacial score (nSPS) is 14.3. The number of fused-ring (bicyclic) bond motifs is 2. The molecule has 23 heavy (non-hydrogen) atoms. The highest BCUT2D eigenvalue weighted by molar-refractivity contribution is 5.95. The van der Waals surface area contributed by atoms with E-state index in [1.54, 1.807) is 12.1 Å². The average Bonchev–Trinajstić information content (AvgIpc) is 2.60. The second-order valence-electron chi connectivity index (χ2n) is 5.92. The van der Waals surface area contributed by atoms with Gasteiger partial charge in [0, 0.05) is 17.3 Å². The molecule has 0 atom stereocenters. The Bertz CT molecular complexity index is 882. The van der Waals surface area contributed by atoms with Gasteiger partial charge >= 0.3 is 0 Å². The largest absolute Gasteiger partial charge is 0.255 e. The molecule has 0 unspecified atom stereocenters. The van der Waals surface area contributed by atoms with E-state index in [9.17, 15) is 4.39 Å². The average molecular weight is 304 g/mol. The molecular weight excluding hydrogens is 287 g/mol. The van der Waals surface area contributed by atoms with E-state index in [4.69, 9.17) is 9.98 Å². The number of pyridine rings is 1. The maximum Gasteiger partial charge on any atom is 0.123 e. The molecule has 4 rings (SSSR count). The van der Waals surface area contributed by atoms with Crippen LogP contribution in [0.2, 0.25) is 0 Å². The Balaban J connectivity index is 1.85. The number of rotatable bonds is 2. The first-order chi connectivity index (χ1) is 11.3. The highest BCUT2D eigenvalue weighted by Crippen LogP contribution is 2.35. The van der Waals surface area contributed by atoms with Crippen LogP contribution in [0.3, 0.4) is 0 Å². The zero-order chi connectivity index (χ0) is 15.6. The van der Waals surface area contributed by atoms with E-state index in [1.165, 1.54) is 36.2 Å². The number of aliphatic imine (C=N–C) groups is 1. The minimum absolute atomic E-state index is 0.228. The van der Waals surface area contributed by atoms with E-state index in [-0.39, 0.29) is 5.82 Å². The number of nitrogens with zero attached hydrogens (tertiary/aromatic N) is 2. The smallest absolute Gasteiger partial charge is 0.123 e. The summed E-state index contributed by atoms with van der Waals surface area (Å²) in [6.45, 7) is 0. The first-order valence-electron chi connectivity index (χ1n) is 8.01. The molecule has 1 aliphatic carbocycles. The van der Waals surface area contributed by atoms with Gasteiger partial charge in [0.05, 0.1) is 11.2 Å². The maximum atomic E-state index is 13.0. The summed E-state index contributed by atoms with van der Waals surface area (Å²) in [6.07, 6.45) is 6.25. The van der Waals surface area contributed by atoms with Crippen LogP contribution in [0.5, 0.6) is 0 Å². The topological polar surface area (TPSA) is 25.2 Å². The van der Waals surface area contributed by atoms with Gasteiger partial charge in [-0.2, -0.15) is 0 Å². The number of halogens is 1. The molecule has 0 radical (unpaired) electrons. The SMILES string of the molecule is Fc1ccc(C=Nc2c3c(nc4ccccc24)CCCC3)cc1. The minimum Gasteiger partial charge on any atom is -0.255 e. The zero-order valence-corrected chi connectivity index (χ0v) is 12.8. The lowest BCUT2D eigenvalue weighted by Gasteiger charge is -2.18. The fourth-order valence-electron chi connectivity index (χ4n) is 3.18. The summed E-state index contributed by atoms with van der Waals surface area (Å²) in [6, 6.07) is 14.6. The fraction of sp³-hybridized carbons (Fsp3) is 0.200. The summed E-state index contributed by atoms with van der Waals surface area (Å²) in [5.74, 6) is -0.228. The molecule has 0 fully saturated rings. The fourth-order valence-corrected chi connectivity index (χ4v) is 3.18. The summed E-state index contributed by atoms with van der Waals surface area (Å²) in [4.78, 5) is 9.58. The van der Waals surface area contributed by atoms with E-state index < -0.39 is 0 Å². The lowest BCUT2D eigenvalue weighted by molar-refractivity contribution is 0.628. The summed E-state index contributed by atoms with van der Waals surface area (Å²) in [7, 11) is 0. The van der Waals surface area contributed by atoms with Gasteiger partial charge in [0.25, 0.3) is 0 Å². The number of hydrogen-bond acceptors (Lipinski definition) is 2. The number of para-hydroxylation sites is 1. The van der Waals surface area contributed by atoms with Crippen LogP contribution < -0.4 is 0 Å². The second-order valence-corrected chi connectivity index (χ2v) is 5.92. The molecule has 0 saturated carbocycles. The summed E-state index contributed by atoms with van der Waals surface area (Å²) in [5, 5.41) is 1.09. The lowest BCUT2D eigenvalue weighted by Crippen LogP contribution is -2.06. The first-order valence-corrected chi connectivity index (χ1v) is 8.01. The maximum absolute atomic E-state index is 13.0. The standard InChI is InChI=1S/C20H17FN2/c21-15-11-9-14(10-12-15)13-22-20-16-5-1-3-7-18(16)23-19-8-4-2-6-17(19)20/h1,3,5,7,9-13H,2,4,6,8H2. The molecule has 0 spiro atoms. The Labute approximate surface area is 134 Å². The van der Waals surface area contributed by atoms with Gasteiger partial charge in [0.2, 0.25) is 0 Å². The van der Waals surface area contributed by atoms with Crippen molar-refractivity contribution in [1.29, 1.82) is 0 Å². The van der Waals surface area contributed by atoms with E-state index >= 15 is 0 Å². The van der Waals surface area contributed by atoms with Crippen molar-refractivity contribution in [3.8, 4) is 0 Å². The van der Waals surface area contributed by atoms with Crippen molar-refractivity contribution >= 4 is 22.8 Å². The third kappa shape index (κ3) is 2.74. The van der Waals surface area contributed by atoms with E-state index in [0.29, 0.717) is 0 Å². The van der Waals surface area contributed by atoms with Crippen molar-refractivity contribution in [1.82, 2.24) is 4.98 Å². The van der Waals surface area contributed by atoms with Gasteiger partial charge in [-0.1, -0.05) is 30.3 Å². The third-order valence-electron chi connectivity index (χ3n) is 4.35. The Hall–Kier alpha value is -2.55. The van der Waals surface area contributed by atoms with Gasteiger partial charge in [0.1, 0.15) is 5.82 Å². The molecule has 0 N–H and O–H groups in total. The third-order valence-corrected chi connectivity index (χ3v) is 4.35. The number of aryl methyl sites for hydroxylation is 1. The first kappa shape index (κ1) is 14.1. The highest BCUT2D eigenvalue weighted by Gasteiger charge is 2.17. The molecule has 114 valence electrons. The Kier molecular flexibility index (Phi) is 3.62. The van der Waals surface area contributed by atoms with Crippen molar-refractivity contribution in [2.24, 2.45) is 4.99 Å². The molecule has 0 aliphatic heterocycles. The molecule has 1 aliphatic rings. The van der Waals surface area contributed by atoms with E-state index in [0.717, 1.165) is 35.0 Å². The van der Waals surface area contributed by atoms with Crippen LogP contribution in [-0.2, 0) is 12.8 Å². The monoisotopic (exact) mass is 304 g/mol. The van der Waals surface area contributed by atoms with Crippen molar-refractivity contribution in [2.45, 2.75) is 25.7 Å². The van der Waals surface area contributed by atoms with Crippen LogP contribution in [-0.4, -0.2) is 11.2 Å². The molecule has 3 aromatic rings. The van der Waals surface area contributed by atoms with Gasteiger partial charge in [0.15, 0.2) is 0 Å². The summed E-state index contributed by atoms with van der Waals surface area (Å²) in [5.41, 5.74) is 5.38. The zero-order valence-electron chi connectivity index (χ0n) is 12.8. The van der Waals surface area contributed by atoms with Gasteiger partial charge in [-0.15, -0.1) is 0 Å². The Morgan fingerprint density at radius 2 is 1.74 bits per heavy atom. The summed E-state index contributed by atoms with van der Waals surface area (Å²) >= 11 is 0. The summed E-state index contributed by atoms with van der Waals surface area (Å²) < 4.78 is 13.0. The molecular formula is C20H17FN2. The van der Waals surface area contributed by atoms with Crippen LogP contribution in [0.15, 0.2) is 53.5 Å². The molecule has 0 amide bonds. The predicted octanol–water partition coefficient (Wildman–Crippen LogP) is 5.00. The van der Waals surface area contributed by atoms with Crippen molar-refractivity contribution < 1.29 is 4.39 Å². The lowest BCUT2D eigenvalue weighted by atomic mass is 9.93. The molecule has 1 heterocycles. The van der Waals surface area contributed by atoms with Crippen LogP contribution in [0, 0.1) is 5.82 Å². The van der Waals surface area contributed by atoms with Crippen molar-refractivity contribution in [2.75, 3.05) is 0 Å². The van der Waals surface area contributed by atoms with Crippen LogP contribution in [0.4, 0.5) is 10.1 Å². The van der Waals surface area contributed by atoms with Gasteiger partial charge in [-0.3, -0.25) is 9.98 Å². The molecule has 0 bridgehead atoms. The van der Waals surface area contributed by atoms with Crippen molar-refractivity contribution in [3.63, 3.8) is 0 Å². The quantitative estimate of drug-likeness (QED) is 0.611. The number of aromatic nitrogens is 1. The molecule has 2 nitrogen and oxygen atoms in total. The molecule has 3 heteroatoms. The molecule has 2 aromatic carbocycles. The minimum atomic E-state index is -0.228. The molecule has 0 saturated heterocycles. The Morgan fingerprint density at radius 1 is 0.957 bits per heavy atom. The molecule has 1 aromatic heterocycles. The van der Waals surface area contributed by atoms with Gasteiger partial charge in [-0.05, 0) is 55.0 Å². The predicted molar refractivity (Wildman–Crippen MR) is 92.0 cm³/mol. The van der Waals surface area contributed by atoms with E-state index in [1.807, 2.05) is 24.4 Å². The van der Waals surface area contributed by atoms with E-state index in [2.05, 4.69) is 6.07 Å². The van der Waals surface area contributed by atoms with Gasteiger partial charge in [-0.25, -0.2) is 4.39 Å². The van der Waals surface area contributed by atoms with Crippen LogP contribution in [0.25, 0.3) is 10.9 Å². The van der Waals surface area contributed by atoms with Gasteiger partial charge < -0.3 is 0 Å². The number of benzene rings is 2. The Morgan fingerprint density at radius 3 is 2.61 bits per heavy atom.